The Morgan fingerprint density at radius 1 is 1.44 bits per heavy atom. The predicted molar refractivity (Wildman–Crippen MR) is 65.2 cm³/mol. The van der Waals surface area contributed by atoms with Gasteiger partial charge in [0.15, 0.2) is 0 Å². The highest BCUT2D eigenvalue weighted by Crippen LogP contribution is 2.10. The Kier molecular flexibility index (Phi) is 3.92. The lowest BCUT2D eigenvalue weighted by Crippen LogP contribution is -2.29. The predicted octanol–water partition coefficient (Wildman–Crippen LogP) is 2.50. The van der Waals surface area contributed by atoms with Gasteiger partial charge in [0.1, 0.15) is 5.56 Å². The van der Waals surface area contributed by atoms with Crippen molar-refractivity contribution in [1.29, 1.82) is 0 Å². The zero-order valence-electron chi connectivity index (χ0n) is 10.0. The van der Waals surface area contributed by atoms with Crippen LogP contribution in [0.25, 0.3) is 0 Å². The van der Waals surface area contributed by atoms with Gasteiger partial charge >= 0.3 is 0 Å². The van der Waals surface area contributed by atoms with Crippen molar-refractivity contribution < 1.29 is 4.79 Å². The summed E-state index contributed by atoms with van der Waals surface area (Å²) in [7, 11) is 0. The van der Waals surface area contributed by atoms with Gasteiger partial charge in [-0.2, -0.15) is 0 Å². The van der Waals surface area contributed by atoms with Gasteiger partial charge in [0, 0.05) is 12.2 Å². The van der Waals surface area contributed by atoms with Crippen LogP contribution in [0.3, 0.4) is 0 Å². The molecule has 1 rings (SSSR count). The summed E-state index contributed by atoms with van der Waals surface area (Å²) >= 11 is 5.42. The third kappa shape index (κ3) is 2.53. The van der Waals surface area contributed by atoms with Gasteiger partial charge in [0.05, 0.1) is 0 Å². The van der Waals surface area contributed by atoms with E-state index in [1.807, 2.05) is 26.8 Å². The van der Waals surface area contributed by atoms with Crippen LogP contribution in [-0.2, 0) is 6.54 Å². The SMILES string of the molecule is Cc1cc(C)n(CC(C)C)c(=O)c1C(=O)Cl. The molecule has 0 radical (unpaired) electrons. The Hall–Kier alpha value is -1.09. The second kappa shape index (κ2) is 4.83. The Labute approximate surface area is 100 Å². The highest BCUT2D eigenvalue weighted by molar-refractivity contribution is 6.67. The van der Waals surface area contributed by atoms with Crippen molar-refractivity contribution in [3.8, 4) is 0 Å². The van der Waals surface area contributed by atoms with E-state index in [9.17, 15) is 9.59 Å². The smallest absolute Gasteiger partial charge is 0.263 e. The second-order valence-electron chi connectivity index (χ2n) is 4.43. The number of pyridine rings is 1. The van der Waals surface area contributed by atoms with Gasteiger partial charge in [-0.3, -0.25) is 9.59 Å². The van der Waals surface area contributed by atoms with Crippen LogP contribution in [0.5, 0.6) is 0 Å². The molecule has 1 aromatic rings. The average molecular weight is 242 g/mol. The van der Waals surface area contributed by atoms with Crippen molar-refractivity contribution in [1.82, 2.24) is 4.57 Å². The Balaban J connectivity index is 3.45. The summed E-state index contributed by atoms with van der Waals surface area (Å²) < 4.78 is 1.60. The van der Waals surface area contributed by atoms with Crippen LogP contribution < -0.4 is 5.56 Å². The van der Waals surface area contributed by atoms with E-state index in [2.05, 4.69) is 0 Å². The van der Waals surface area contributed by atoms with Gasteiger partial charge in [-0.05, 0) is 43.0 Å². The quantitative estimate of drug-likeness (QED) is 0.763. The summed E-state index contributed by atoms with van der Waals surface area (Å²) in [6.45, 7) is 8.23. The molecule has 0 saturated heterocycles. The second-order valence-corrected chi connectivity index (χ2v) is 4.77. The standard InChI is InChI=1S/C12H16ClNO2/c1-7(2)6-14-9(4)5-8(3)10(11(13)15)12(14)16/h5,7H,6H2,1-4H3. The molecule has 0 N–H and O–H groups in total. The van der Waals surface area contributed by atoms with E-state index in [4.69, 9.17) is 11.6 Å². The minimum Gasteiger partial charge on any atom is -0.312 e. The van der Waals surface area contributed by atoms with E-state index in [1.165, 1.54) is 0 Å². The molecule has 0 spiro atoms. The van der Waals surface area contributed by atoms with Gasteiger partial charge < -0.3 is 4.57 Å². The molecule has 0 fully saturated rings. The number of nitrogens with zero attached hydrogens (tertiary/aromatic N) is 1. The number of aromatic nitrogens is 1. The normalized spacial score (nSPS) is 10.9. The van der Waals surface area contributed by atoms with Crippen LogP contribution in [0.2, 0.25) is 0 Å². The summed E-state index contributed by atoms with van der Waals surface area (Å²) in [6.07, 6.45) is 0. The van der Waals surface area contributed by atoms with Gasteiger partial charge in [0.25, 0.3) is 10.8 Å². The fraction of sp³-hybridized carbons (Fsp3) is 0.500. The maximum Gasteiger partial charge on any atom is 0.263 e. The highest BCUT2D eigenvalue weighted by atomic mass is 35.5. The number of rotatable bonds is 3. The molecule has 0 bridgehead atoms. The first kappa shape index (κ1) is 13.0. The lowest BCUT2D eigenvalue weighted by Gasteiger charge is -2.14. The summed E-state index contributed by atoms with van der Waals surface area (Å²) in [5.41, 5.74) is 1.31. The molecular weight excluding hydrogens is 226 g/mol. The molecule has 0 aromatic carbocycles. The molecule has 1 heterocycles. The van der Waals surface area contributed by atoms with Crippen LogP contribution in [0.15, 0.2) is 10.9 Å². The molecule has 0 aliphatic heterocycles. The molecular formula is C12H16ClNO2. The topological polar surface area (TPSA) is 39.1 Å². The summed E-state index contributed by atoms with van der Waals surface area (Å²) in [6, 6.07) is 1.82. The number of carbonyl (C=O) groups excluding carboxylic acids is 1. The van der Waals surface area contributed by atoms with Crippen LogP contribution in [0.1, 0.15) is 35.5 Å². The highest BCUT2D eigenvalue weighted by Gasteiger charge is 2.15. The summed E-state index contributed by atoms with van der Waals surface area (Å²) in [5.74, 6) is 0.345. The van der Waals surface area contributed by atoms with E-state index in [1.54, 1.807) is 11.5 Å². The molecule has 0 aliphatic rings. The number of aryl methyl sites for hydroxylation is 2. The van der Waals surface area contributed by atoms with Crippen molar-refractivity contribution >= 4 is 16.8 Å². The lowest BCUT2D eigenvalue weighted by atomic mass is 10.1. The van der Waals surface area contributed by atoms with E-state index in [-0.39, 0.29) is 11.1 Å². The van der Waals surface area contributed by atoms with Crippen LogP contribution in [0, 0.1) is 19.8 Å². The molecule has 4 heteroatoms. The maximum atomic E-state index is 12.0. The number of carbonyl (C=O) groups is 1. The minimum absolute atomic E-state index is 0.0907. The average Bonchev–Trinajstić information content (AvgIpc) is 2.10. The largest absolute Gasteiger partial charge is 0.312 e. The molecule has 3 nitrogen and oxygen atoms in total. The third-order valence-corrected chi connectivity index (χ3v) is 2.64. The maximum absolute atomic E-state index is 12.0. The van der Waals surface area contributed by atoms with Crippen molar-refractivity contribution in [3.63, 3.8) is 0 Å². The first-order valence-electron chi connectivity index (χ1n) is 5.25. The number of hydrogen-bond donors (Lipinski definition) is 0. The molecule has 1 aromatic heterocycles. The monoisotopic (exact) mass is 241 g/mol. The van der Waals surface area contributed by atoms with E-state index < -0.39 is 5.24 Å². The molecule has 0 unspecified atom stereocenters. The van der Waals surface area contributed by atoms with Gasteiger partial charge in [0.2, 0.25) is 0 Å². The molecule has 0 aliphatic carbocycles. The summed E-state index contributed by atoms with van der Waals surface area (Å²) in [4.78, 5) is 23.2. The van der Waals surface area contributed by atoms with Gasteiger partial charge in [-0.1, -0.05) is 13.8 Å². The Bertz CT molecular complexity index is 475. The van der Waals surface area contributed by atoms with Crippen LogP contribution >= 0.6 is 11.6 Å². The number of halogens is 1. The lowest BCUT2D eigenvalue weighted by molar-refractivity contribution is 0.107. The van der Waals surface area contributed by atoms with E-state index in [0.717, 1.165) is 5.69 Å². The van der Waals surface area contributed by atoms with Crippen molar-refractivity contribution in [2.24, 2.45) is 5.92 Å². The number of hydrogen-bond acceptors (Lipinski definition) is 2. The van der Waals surface area contributed by atoms with Crippen molar-refractivity contribution in [2.75, 3.05) is 0 Å². The van der Waals surface area contributed by atoms with Crippen LogP contribution in [0.4, 0.5) is 0 Å². The van der Waals surface area contributed by atoms with Crippen molar-refractivity contribution in [3.05, 3.63) is 33.2 Å². The van der Waals surface area contributed by atoms with Crippen LogP contribution in [-0.4, -0.2) is 9.81 Å². The van der Waals surface area contributed by atoms with E-state index in [0.29, 0.717) is 18.0 Å². The molecule has 0 atom stereocenters. The first-order valence-corrected chi connectivity index (χ1v) is 5.63. The molecule has 0 saturated carbocycles. The fourth-order valence-electron chi connectivity index (χ4n) is 1.76. The zero-order valence-corrected chi connectivity index (χ0v) is 10.8. The van der Waals surface area contributed by atoms with Crippen molar-refractivity contribution in [2.45, 2.75) is 34.2 Å². The first-order chi connectivity index (χ1) is 7.34. The van der Waals surface area contributed by atoms with Gasteiger partial charge in [-0.25, -0.2) is 0 Å². The Morgan fingerprint density at radius 2 is 2.00 bits per heavy atom. The summed E-state index contributed by atoms with van der Waals surface area (Å²) in [5, 5.41) is -0.681. The minimum atomic E-state index is -0.681. The molecule has 16 heavy (non-hydrogen) atoms. The zero-order chi connectivity index (χ0) is 12.5. The Morgan fingerprint density at radius 3 is 2.44 bits per heavy atom. The third-order valence-electron chi connectivity index (χ3n) is 2.45. The van der Waals surface area contributed by atoms with E-state index >= 15 is 0 Å². The molecule has 88 valence electrons. The van der Waals surface area contributed by atoms with Gasteiger partial charge in [-0.15, -0.1) is 0 Å². The fourth-order valence-corrected chi connectivity index (χ4v) is 1.99. The molecule has 0 amide bonds.